The predicted molar refractivity (Wildman–Crippen MR) is 32.5 cm³/mol. The third kappa shape index (κ3) is 1.18. The van der Waals surface area contributed by atoms with Crippen molar-refractivity contribution in [1.82, 2.24) is 0 Å². The van der Waals surface area contributed by atoms with Crippen molar-refractivity contribution in [2.75, 3.05) is 0 Å². The second-order valence-corrected chi connectivity index (χ2v) is 2.34. The smallest absolute Gasteiger partial charge is 0.162 e. The Hall–Kier alpha value is -0.660. The first kappa shape index (κ1) is 6.46. The molecule has 0 saturated heterocycles. The molecule has 0 nitrogen and oxygen atoms in total. The summed E-state index contributed by atoms with van der Waals surface area (Å²) in [6, 6.07) is 0. The lowest BCUT2D eigenvalue weighted by atomic mass is 9.99. The van der Waals surface area contributed by atoms with E-state index in [0.717, 1.165) is 6.08 Å². The molecule has 1 aliphatic carbocycles. The fraction of sp³-hybridized carbons (Fsp3) is 0.429. The monoisotopic (exact) mass is 130 g/mol. The molecular formula is C7H8F2. The van der Waals surface area contributed by atoms with Crippen molar-refractivity contribution in [1.29, 1.82) is 0 Å². The van der Waals surface area contributed by atoms with E-state index in [2.05, 4.69) is 0 Å². The van der Waals surface area contributed by atoms with Crippen LogP contribution in [0.15, 0.2) is 24.1 Å². The molecule has 1 unspecified atom stereocenters. The van der Waals surface area contributed by atoms with Crippen LogP contribution in [-0.4, -0.2) is 5.67 Å². The number of halogens is 2. The van der Waals surface area contributed by atoms with Crippen LogP contribution in [0.3, 0.4) is 0 Å². The number of rotatable bonds is 0. The van der Waals surface area contributed by atoms with Crippen molar-refractivity contribution in [2.24, 2.45) is 0 Å². The molecule has 0 amide bonds. The summed E-state index contributed by atoms with van der Waals surface area (Å²) in [5.74, 6) is -0.676. The van der Waals surface area contributed by atoms with E-state index in [1.54, 1.807) is 6.08 Å². The molecule has 1 atom stereocenters. The first-order valence-corrected chi connectivity index (χ1v) is 2.85. The molecule has 1 rings (SSSR count). The normalized spacial score (nSPS) is 34.3. The van der Waals surface area contributed by atoms with Gasteiger partial charge >= 0.3 is 0 Å². The molecule has 50 valence electrons. The van der Waals surface area contributed by atoms with E-state index in [0.29, 0.717) is 0 Å². The summed E-state index contributed by atoms with van der Waals surface area (Å²) in [4.78, 5) is 0. The molecule has 0 saturated carbocycles. The average molecular weight is 130 g/mol. The Labute approximate surface area is 52.9 Å². The topological polar surface area (TPSA) is 0 Å². The van der Waals surface area contributed by atoms with Gasteiger partial charge in [-0.1, -0.05) is 12.2 Å². The summed E-state index contributed by atoms with van der Waals surface area (Å²) < 4.78 is 25.2. The van der Waals surface area contributed by atoms with E-state index in [-0.39, 0.29) is 6.42 Å². The summed E-state index contributed by atoms with van der Waals surface area (Å²) in [7, 11) is 0. The van der Waals surface area contributed by atoms with Crippen LogP contribution in [0.2, 0.25) is 0 Å². The standard InChI is InChI=1S/C7H8F2/c1-7(9)5-3-2-4-6(7)8/h2-4H,5H2,1H3. The Morgan fingerprint density at radius 3 is 2.67 bits per heavy atom. The van der Waals surface area contributed by atoms with E-state index in [9.17, 15) is 8.78 Å². The van der Waals surface area contributed by atoms with E-state index in [1.807, 2.05) is 0 Å². The number of allylic oxidation sites excluding steroid dienone is 4. The van der Waals surface area contributed by atoms with Crippen molar-refractivity contribution in [3.8, 4) is 0 Å². The quantitative estimate of drug-likeness (QED) is 0.472. The van der Waals surface area contributed by atoms with Gasteiger partial charge in [0.05, 0.1) is 0 Å². The van der Waals surface area contributed by atoms with E-state index in [1.165, 1.54) is 13.0 Å². The maximum Gasteiger partial charge on any atom is 0.162 e. The van der Waals surface area contributed by atoms with Crippen molar-refractivity contribution >= 4 is 0 Å². The van der Waals surface area contributed by atoms with Crippen LogP contribution in [0.4, 0.5) is 8.78 Å². The van der Waals surface area contributed by atoms with Crippen molar-refractivity contribution in [3.05, 3.63) is 24.1 Å². The zero-order valence-corrected chi connectivity index (χ0v) is 5.20. The van der Waals surface area contributed by atoms with Crippen LogP contribution in [-0.2, 0) is 0 Å². The van der Waals surface area contributed by atoms with Gasteiger partial charge in [0.2, 0.25) is 0 Å². The highest BCUT2D eigenvalue weighted by Crippen LogP contribution is 2.29. The van der Waals surface area contributed by atoms with Crippen LogP contribution in [0.25, 0.3) is 0 Å². The number of hydrogen-bond acceptors (Lipinski definition) is 0. The Bertz CT molecular complexity index is 166. The number of hydrogen-bond donors (Lipinski definition) is 0. The lowest BCUT2D eigenvalue weighted by Gasteiger charge is -2.17. The van der Waals surface area contributed by atoms with E-state index >= 15 is 0 Å². The maximum absolute atomic E-state index is 12.8. The summed E-state index contributed by atoms with van der Waals surface area (Å²) >= 11 is 0. The van der Waals surface area contributed by atoms with Gasteiger partial charge in [0.25, 0.3) is 0 Å². The van der Waals surface area contributed by atoms with Crippen LogP contribution in [0, 0.1) is 0 Å². The summed E-state index contributed by atoms with van der Waals surface area (Å²) in [6.07, 6.45) is 4.44. The minimum Gasteiger partial charge on any atom is -0.236 e. The second-order valence-electron chi connectivity index (χ2n) is 2.34. The molecule has 0 spiro atoms. The van der Waals surface area contributed by atoms with Gasteiger partial charge in [-0.25, -0.2) is 8.78 Å². The highest BCUT2D eigenvalue weighted by molar-refractivity contribution is 5.21. The van der Waals surface area contributed by atoms with Gasteiger partial charge in [-0.3, -0.25) is 0 Å². The zero-order chi connectivity index (χ0) is 6.91. The third-order valence-electron chi connectivity index (χ3n) is 1.38. The zero-order valence-electron chi connectivity index (χ0n) is 5.20. The Kier molecular flexibility index (Phi) is 1.39. The van der Waals surface area contributed by atoms with Crippen molar-refractivity contribution < 1.29 is 8.78 Å². The largest absolute Gasteiger partial charge is 0.236 e. The molecule has 0 aliphatic heterocycles. The van der Waals surface area contributed by atoms with Crippen LogP contribution < -0.4 is 0 Å². The van der Waals surface area contributed by atoms with Gasteiger partial charge in [-0.05, 0) is 13.0 Å². The molecule has 2 heteroatoms. The minimum absolute atomic E-state index is 0.148. The molecule has 0 radical (unpaired) electrons. The van der Waals surface area contributed by atoms with E-state index < -0.39 is 11.5 Å². The molecular weight excluding hydrogens is 122 g/mol. The second kappa shape index (κ2) is 1.94. The third-order valence-corrected chi connectivity index (χ3v) is 1.38. The van der Waals surface area contributed by atoms with Gasteiger partial charge in [-0.2, -0.15) is 0 Å². The SMILES string of the molecule is CC1(F)CC=CC=C1F. The predicted octanol–water partition coefficient (Wildman–Crippen LogP) is 2.53. The Balaban J connectivity index is 2.83. The van der Waals surface area contributed by atoms with Gasteiger partial charge in [-0.15, -0.1) is 0 Å². The van der Waals surface area contributed by atoms with Crippen LogP contribution in [0.5, 0.6) is 0 Å². The summed E-state index contributed by atoms with van der Waals surface area (Å²) in [6.45, 7) is 1.24. The van der Waals surface area contributed by atoms with Gasteiger partial charge in [0.1, 0.15) is 5.83 Å². The summed E-state index contributed by atoms with van der Waals surface area (Å²) in [5, 5.41) is 0. The van der Waals surface area contributed by atoms with Gasteiger partial charge in [0.15, 0.2) is 5.67 Å². The van der Waals surface area contributed by atoms with Gasteiger partial charge in [0, 0.05) is 6.42 Å². The molecule has 0 aromatic heterocycles. The molecule has 0 N–H and O–H groups in total. The molecule has 9 heavy (non-hydrogen) atoms. The molecule has 0 aromatic rings. The van der Waals surface area contributed by atoms with Crippen LogP contribution >= 0.6 is 0 Å². The van der Waals surface area contributed by atoms with E-state index in [4.69, 9.17) is 0 Å². The molecule has 0 aromatic carbocycles. The molecule has 0 bridgehead atoms. The number of alkyl halides is 1. The van der Waals surface area contributed by atoms with Crippen LogP contribution in [0.1, 0.15) is 13.3 Å². The minimum atomic E-state index is -1.76. The lowest BCUT2D eigenvalue weighted by Crippen LogP contribution is -2.18. The van der Waals surface area contributed by atoms with Crippen molar-refractivity contribution in [2.45, 2.75) is 19.0 Å². The fourth-order valence-electron chi connectivity index (χ4n) is 0.713. The van der Waals surface area contributed by atoms with Crippen molar-refractivity contribution in [3.63, 3.8) is 0 Å². The highest BCUT2D eigenvalue weighted by atomic mass is 19.2. The molecule has 1 aliphatic rings. The fourth-order valence-corrected chi connectivity index (χ4v) is 0.713. The Morgan fingerprint density at radius 2 is 2.33 bits per heavy atom. The average Bonchev–Trinajstić information content (AvgIpc) is 1.77. The summed E-state index contributed by atoms with van der Waals surface area (Å²) in [5.41, 5.74) is -1.76. The molecule has 0 heterocycles. The maximum atomic E-state index is 12.8. The lowest BCUT2D eigenvalue weighted by molar-refractivity contribution is 0.199. The Morgan fingerprint density at radius 1 is 1.67 bits per heavy atom. The highest BCUT2D eigenvalue weighted by Gasteiger charge is 2.28. The molecule has 0 fully saturated rings. The first-order chi connectivity index (χ1) is 4.13. The van der Waals surface area contributed by atoms with Gasteiger partial charge < -0.3 is 0 Å². The first-order valence-electron chi connectivity index (χ1n) is 2.85.